The van der Waals surface area contributed by atoms with E-state index in [1.807, 2.05) is 26.0 Å². The van der Waals surface area contributed by atoms with Crippen molar-refractivity contribution in [3.63, 3.8) is 0 Å². The molecule has 0 heterocycles. The highest BCUT2D eigenvalue weighted by atomic mass is 79.9. The zero-order valence-corrected chi connectivity index (χ0v) is 11.7. The van der Waals surface area contributed by atoms with Gasteiger partial charge in [0, 0.05) is 4.47 Å². The summed E-state index contributed by atoms with van der Waals surface area (Å²) in [5.41, 5.74) is 0. The van der Waals surface area contributed by atoms with Crippen molar-refractivity contribution in [2.45, 2.75) is 26.4 Å². The standard InChI is InChI=1S/C12H16BrNO3/c1-4-9(2)16-12(15)14(3)17-11-7-5-10(13)6-8-11/h5-9H,4H2,1-3H3. The number of amides is 1. The number of carbonyl (C=O) groups is 1. The van der Waals surface area contributed by atoms with E-state index < -0.39 is 6.09 Å². The van der Waals surface area contributed by atoms with Crippen LogP contribution in [0.1, 0.15) is 20.3 Å². The van der Waals surface area contributed by atoms with Crippen molar-refractivity contribution in [1.29, 1.82) is 0 Å². The van der Waals surface area contributed by atoms with Gasteiger partial charge in [-0.1, -0.05) is 22.9 Å². The van der Waals surface area contributed by atoms with Crippen LogP contribution < -0.4 is 4.84 Å². The van der Waals surface area contributed by atoms with Gasteiger partial charge in [-0.3, -0.25) is 0 Å². The van der Waals surface area contributed by atoms with Gasteiger partial charge in [-0.2, -0.15) is 0 Å². The van der Waals surface area contributed by atoms with E-state index in [-0.39, 0.29) is 6.10 Å². The molecule has 0 aliphatic carbocycles. The lowest BCUT2D eigenvalue weighted by atomic mass is 10.3. The Morgan fingerprint density at radius 1 is 1.41 bits per heavy atom. The number of hydrogen-bond donors (Lipinski definition) is 0. The second kappa shape index (κ2) is 6.49. The number of nitrogens with zero attached hydrogens (tertiary/aromatic N) is 1. The lowest BCUT2D eigenvalue weighted by Crippen LogP contribution is -2.32. The highest BCUT2D eigenvalue weighted by molar-refractivity contribution is 9.10. The Labute approximate surface area is 110 Å². The number of hydroxylamine groups is 2. The van der Waals surface area contributed by atoms with Crippen LogP contribution in [0.2, 0.25) is 0 Å². The summed E-state index contributed by atoms with van der Waals surface area (Å²) < 4.78 is 6.06. The maximum absolute atomic E-state index is 11.6. The minimum Gasteiger partial charge on any atom is -0.444 e. The molecule has 1 aromatic carbocycles. The van der Waals surface area contributed by atoms with E-state index in [1.54, 1.807) is 12.1 Å². The molecular formula is C12H16BrNO3. The normalized spacial score (nSPS) is 11.8. The minimum atomic E-state index is -0.498. The summed E-state index contributed by atoms with van der Waals surface area (Å²) >= 11 is 3.32. The molecule has 0 radical (unpaired) electrons. The van der Waals surface area contributed by atoms with Gasteiger partial charge in [-0.25, -0.2) is 4.79 Å². The first kappa shape index (κ1) is 13.8. The van der Waals surface area contributed by atoms with Crippen LogP contribution >= 0.6 is 15.9 Å². The molecule has 0 saturated carbocycles. The first-order chi connectivity index (χ1) is 8.02. The molecular weight excluding hydrogens is 286 g/mol. The summed E-state index contributed by atoms with van der Waals surface area (Å²) in [7, 11) is 1.52. The SMILES string of the molecule is CCC(C)OC(=O)N(C)Oc1ccc(Br)cc1. The fraction of sp³-hybridized carbons (Fsp3) is 0.417. The molecule has 5 heteroatoms. The van der Waals surface area contributed by atoms with E-state index in [0.29, 0.717) is 5.75 Å². The van der Waals surface area contributed by atoms with Crippen LogP contribution in [0.5, 0.6) is 5.75 Å². The lowest BCUT2D eigenvalue weighted by Gasteiger charge is -2.19. The molecule has 0 aliphatic heterocycles. The Morgan fingerprint density at radius 2 is 2.00 bits per heavy atom. The smallest absolute Gasteiger partial charge is 0.443 e. The molecule has 94 valence electrons. The van der Waals surface area contributed by atoms with Gasteiger partial charge in [0.25, 0.3) is 0 Å². The Balaban J connectivity index is 2.51. The molecule has 0 saturated heterocycles. The third-order valence-electron chi connectivity index (χ3n) is 2.19. The fourth-order valence-electron chi connectivity index (χ4n) is 1.02. The number of benzene rings is 1. The van der Waals surface area contributed by atoms with Crippen molar-refractivity contribution < 1.29 is 14.4 Å². The van der Waals surface area contributed by atoms with Crippen LogP contribution in [0.15, 0.2) is 28.7 Å². The Bertz CT molecular complexity index is 367. The van der Waals surface area contributed by atoms with E-state index in [4.69, 9.17) is 9.57 Å². The van der Waals surface area contributed by atoms with Crippen molar-refractivity contribution in [2.75, 3.05) is 7.05 Å². The molecule has 0 N–H and O–H groups in total. The van der Waals surface area contributed by atoms with Crippen molar-refractivity contribution >= 4 is 22.0 Å². The number of carbonyl (C=O) groups excluding carboxylic acids is 1. The zero-order chi connectivity index (χ0) is 12.8. The molecule has 1 rings (SSSR count). The van der Waals surface area contributed by atoms with E-state index in [0.717, 1.165) is 16.0 Å². The maximum Gasteiger partial charge on any atom is 0.443 e. The highest BCUT2D eigenvalue weighted by Gasteiger charge is 2.14. The predicted octanol–water partition coefficient (Wildman–Crippen LogP) is 3.61. The van der Waals surface area contributed by atoms with Crippen molar-refractivity contribution in [1.82, 2.24) is 5.06 Å². The minimum absolute atomic E-state index is 0.113. The largest absolute Gasteiger partial charge is 0.444 e. The Hall–Kier alpha value is -1.23. The van der Waals surface area contributed by atoms with Gasteiger partial charge in [0.05, 0.1) is 7.05 Å². The second-order valence-corrected chi connectivity index (χ2v) is 4.56. The van der Waals surface area contributed by atoms with Crippen LogP contribution in [0.25, 0.3) is 0 Å². The molecule has 1 unspecified atom stereocenters. The lowest BCUT2D eigenvalue weighted by molar-refractivity contribution is -0.0392. The average Bonchev–Trinajstić information content (AvgIpc) is 2.31. The van der Waals surface area contributed by atoms with Crippen LogP contribution in [0.4, 0.5) is 4.79 Å². The van der Waals surface area contributed by atoms with Gasteiger partial charge in [-0.15, -0.1) is 5.06 Å². The van der Waals surface area contributed by atoms with Gasteiger partial charge in [0.2, 0.25) is 0 Å². The second-order valence-electron chi connectivity index (χ2n) is 3.65. The molecule has 0 bridgehead atoms. The van der Waals surface area contributed by atoms with Crippen LogP contribution in [-0.4, -0.2) is 24.3 Å². The third kappa shape index (κ3) is 4.65. The summed E-state index contributed by atoms with van der Waals surface area (Å²) in [6, 6.07) is 7.20. The third-order valence-corrected chi connectivity index (χ3v) is 2.72. The monoisotopic (exact) mass is 301 g/mol. The zero-order valence-electron chi connectivity index (χ0n) is 10.1. The molecule has 1 aromatic rings. The fourth-order valence-corrected chi connectivity index (χ4v) is 1.28. The van der Waals surface area contributed by atoms with Crippen LogP contribution in [-0.2, 0) is 4.74 Å². The average molecular weight is 302 g/mol. The molecule has 0 aromatic heterocycles. The van der Waals surface area contributed by atoms with Crippen molar-refractivity contribution in [3.05, 3.63) is 28.7 Å². The predicted molar refractivity (Wildman–Crippen MR) is 68.8 cm³/mol. The van der Waals surface area contributed by atoms with E-state index >= 15 is 0 Å². The molecule has 0 spiro atoms. The summed E-state index contributed by atoms with van der Waals surface area (Å²) in [6.07, 6.45) is 0.165. The summed E-state index contributed by atoms with van der Waals surface area (Å²) in [5.74, 6) is 0.580. The van der Waals surface area contributed by atoms with Crippen LogP contribution in [0, 0.1) is 0 Å². The molecule has 0 fully saturated rings. The molecule has 17 heavy (non-hydrogen) atoms. The van der Waals surface area contributed by atoms with Crippen molar-refractivity contribution in [3.8, 4) is 5.75 Å². The van der Waals surface area contributed by atoms with Gasteiger partial charge >= 0.3 is 6.09 Å². The molecule has 1 amide bonds. The number of ether oxygens (including phenoxy) is 1. The summed E-state index contributed by atoms with van der Waals surface area (Å²) in [4.78, 5) is 16.9. The number of rotatable bonds is 4. The number of hydrogen-bond acceptors (Lipinski definition) is 3. The van der Waals surface area contributed by atoms with E-state index in [2.05, 4.69) is 15.9 Å². The summed E-state index contributed by atoms with van der Waals surface area (Å²) in [6.45, 7) is 3.79. The van der Waals surface area contributed by atoms with Crippen LogP contribution in [0.3, 0.4) is 0 Å². The van der Waals surface area contributed by atoms with Gasteiger partial charge in [0.15, 0.2) is 5.75 Å². The maximum atomic E-state index is 11.6. The molecule has 1 atom stereocenters. The molecule has 4 nitrogen and oxygen atoms in total. The van der Waals surface area contributed by atoms with Gasteiger partial charge < -0.3 is 9.57 Å². The molecule has 0 aliphatic rings. The Kier molecular flexibility index (Phi) is 5.28. The first-order valence-electron chi connectivity index (χ1n) is 5.40. The summed E-state index contributed by atoms with van der Waals surface area (Å²) in [5, 5.41) is 1.08. The first-order valence-corrected chi connectivity index (χ1v) is 6.20. The Morgan fingerprint density at radius 3 is 2.53 bits per heavy atom. The van der Waals surface area contributed by atoms with Gasteiger partial charge in [-0.05, 0) is 37.6 Å². The quantitative estimate of drug-likeness (QED) is 0.798. The van der Waals surface area contributed by atoms with Gasteiger partial charge in [0.1, 0.15) is 6.10 Å². The number of halogens is 1. The highest BCUT2D eigenvalue weighted by Crippen LogP contribution is 2.17. The van der Waals surface area contributed by atoms with Crippen molar-refractivity contribution in [2.24, 2.45) is 0 Å². The topological polar surface area (TPSA) is 38.8 Å². The van der Waals surface area contributed by atoms with E-state index in [1.165, 1.54) is 7.05 Å². The van der Waals surface area contributed by atoms with E-state index in [9.17, 15) is 4.79 Å².